The first kappa shape index (κ1) is 15.7. The maximum absolute atomic E-state index is 12.3. The molecule has 0 aromatic carbocycles. The fourth-order valence-corrected chi connectivity index (χ4v) is 2.48. The Hall–Kier alpha value is -2.15. The smallest absolute Gasteiger partial charge is 0.247 e. The van der Waals surface area contributed by atoms with Crippen molar-refractivity contribution in [1.29, 1.82) is 0 Å². The first-order valence-electron chi connectivity index (χ1n) is 7.88. The van der Waals surface area contributed by atoms with Crippen molar-refractivity contribution >= 4 is 5.91 Å². The van der Waals surface area contributed by atoms with Gasteiger partial charge in [-0.1, -0.05) is 13.8 Å². The molecule has 1 amide bonds. The van der Waals surface area contributed by atoms with Crippen LogP contribution in [0.1, 0.15) is 49.8 Å². The molecule has 0 radical (unpaired) electrons. The summed E-state index contributed by atoms with van der Waals surface area (Å²) in [5.41, 5.74) is 0. The van der Waals surface area contributed by atoms with E-state index in [-0.39, 0.29) is 17.9 Å². The van der Waals surface area contributed by atoms with Gasteiger partial charge in [0, 0.05) is 25.3 Å². The van der Waals surface area contributed by atoms with E-state index in [1.807, 2.05) is 26.0 Å². The number of carbonyl (C=O) groups excluding carboxylic acids is 1. The minimum atomic E-state index is -0.351. The molecular formula is C16H21N3O4. The average molecular weight is 319 g/mol. The molecule has 2 aromatic heterocycles. The summed E-state index contributed by atoms with van der Waals surface area (Å²) in [6.45, 7) is 5.47. The number of carbonyl (C=O) groups is 1. The highest BCUT2D eigenvalue weighted by Gasteiger charge is 2.29. The van der Waals surface area contributed by atoms with Crippen molar-refractivity contribution < 1.29 is 18.4 Å². The fraction of sp³-hybridized carbons (Fsp3) is 0.562. The van der Waals surface area contributed by atoms with Crippen LogP contribution in [0.2, 0.25) is 0 Å². The molecule has 1 fully saturated rings. The number of furan rings is 1. The van der Waals surface area contributed by atoms with E-state index in [2.05, 4.69) is 10.2 Å². The Kier molecular flexibility index (Phi) is 4.76. The number of nitrogens with zero attached hydrogens (tertiary/aromatic N) is 3. The van der Waals surface area contributed by atoms with Crippen molar-refractivity contribution in [1.82, 2.24) is 15.1 Å². The zero-order chi connectivity index (χ0) is 16.2. The first-order chi connectivity index (χ1) is 11.1. The number of hydrogen-bond donors (Lipinski definition) is 0. The Bertz CT molecular complexity index is 636. The van der Waals surface area contributed by atoms with Crippen LogP contribution in [0.5, 0.6) is 0 Å². The van der Waals surface area contributed by atoms with Gasteiger partial charge in [-0.2, -0.15) is 0 Å². The summed E-state index contributed by atoms with van der Waals surface area (Å²) < 4.78 is 16.6. The second kappa shape index (κ2) is 6.95. The third-order valence-electron chi connectivity index (χ3n) is 3.81. The van der Waals surface area contributed by atoms with Crippen LogP contribution in [0.15, 0.2) is 27.2 Å². The summed E-state index contributed by atoms with van der Waals surface area (Å²) >= 11 is 0. The van der Waals surface area contributed by atoms with Gasteiger partial charge in [0.1, 0.15) is 5.76 Å². The van der Waals surface area contributed by atoms with Crippen LogP contribution in [-0.4, -0.2) is 40.7 Å². The Morgan fingerprint density at radius 1 is 1.43 bits per heavy atom. The maximum Gasteiger partial charge on any atom is 0.247 e. The van der Waals surface area contributed by atoms with Gasteiger partial charge in [-0.3, -0.25) is 4.79 Å². The molecule has 1 aliphatic rings. The molecule has 3 heterocycles. The number of rotatable bonds is 5. The van der Waals surface area contributed by atoms with E-state index in [1.54, 1.807) is 11.2 Å². The summed E-state index contributed by atoms with van der Waals surface area (Å²) in [7, 11) is 0. The van der Waals surface area contributed by atoms with E-state index in [1.165, 1.54) is 0 Å². The quantitative estimate of drug-likeness (QED) is 0.841. The van der Waals surface area contributed by atoms with Gasteiger partial charge in [0.15, 0.2) is 6.10 Å². The Morgan fingerprint density at radius 3 is 3.00 bits per heavy atom. The summed E-state index contributed by atoms with van der Waals surface area (Å²) in [6, 6.07) is 3.70. The second-order valence-corrected chi connectivity index (χ2v) is 5.91. The van der Waals surface area contributed by atoms with Crippen LogP contribution in [-0.2, 0) is 16.0 Å². The van der Waals surface area contributed by atoms with Crippen molar-refractivity contribution in [3.63, 3.8) is 0 Å². The maximum atomic E-state index is 12.3. The number of amides is 1. The normalized spacial score (nSPS) is 18.6. The van der Waals surface area contributed by atoms with Gasteiger partial charge < -0.3 is 18.5 Å². The van der Waals surface area contributed by atoms with Crippen LogP contribution in [0.25, 0.3) is 0 Å². The average Bonchev–Trinajstić information content (AvgIpc) is 3.24. The van der Waals surface area contributed by atoms with E-state index in [0.717, 1.165) is 5.76 Å². The van der Waals surface area contributed by atoms with Crippen LogP contribution >= 0.6 is 0 Å². The second-order valence-electron chi connectivity index (χ2n) is 5.91. The molecule has 0 bridgehead atoms. The fourth-order valence-electron chi connectivity index (χ4n) is 2.48. The molecule has 0 N–H and O–H groups in total. The van der Waals surface area contributed by atoms with Crippen LogP contribution in [0.3, 0.4) is 0 Å². The van der Waals surface area contributed by atoms with Crippen molar-refractivity contribution in [2.45, 2.75) is 38.7 Å². The summed E-state index contributed by atoms with van der Waals surface area (Å²) in [5.74, 6) is 2.10. The van der Waals surface area contributed by atoms with Crippen molar-refractivity contribution in [2.75, 3.05) is 19.7 Å². The zero-order valence-electron chi connectivity index (χ0n) is 13.4. The molecule has 23 heavy (non-hydrogen) atoms. The topological polar surface area (TPSA) is 81.6 Å². The molecular weight excluding hydrogens is 298 g/mol. The summed E-state index contributed by atoms with van der Waals surface area (Å²) in [6.07, 6.45) is 2.29. The molecule has 7 nitrogen and oxygen atoms in total. The predicted molar refractivity (Wildman–Crippen MR) is 80.7 cm³/mol. The van der Waals surface area contributed by atoms with Crippen molar-refractivity contribution in [2.24, 2.45) is 0 Å². The Balaban J connectivity index is 1.57. The number of ether oxygens (including phenoxy) is 1. The number of aryl methyl sites for hydroxylation is 1. The van der Waals surface area contributed by atoms with Gasteiger partial charge in [0.2, 0.25) is 17.7 Å². The van der Waals surface area contributed by atoms with Gasteiger partial charge in [-0.25, -0.2) is 0 Å². The van der Waals surface area contributed by atoms with E-state index in [9.17, 15) is 4.79 Å². The monoisotopic (exact) mass is 319 g/mol. The van der Waals surface area contributed by atoms with Gasteiger partial charge in [-0.15, -0.1) is 10.2 Å². The Labute approximate surface area is 134 Å². The van der Waals surface area contributed by atoms with E-state index < -0.39 is 0 Å². The third-order valence-corrected chi connectivity index (χ3v) is 3.81. The largest absolute Gasteiger partial charge is 0.469 e. The standard InChI is InChI=1S/C16H21N3O4/c1-11(2)15-17-18-16(23-15)13-10-19(7-9-22-13)14(20)6-5-12-4-3-8-21-12/h3-4,8,11,13H,5-7,9-10H2,1-2H3/t13-/m0/s1. The van der Waals surface area contributed by atoms with Crippen LogP contribution in [0, 0.1) is 0 Å². The molecule has 3 rings (SSSR count). The first-order valence-corrected chi connectivity index (χ1v) is 7.88. The van der Waals surface area contributed by atoms with E-state index >= 15 is 0 Å². The van der Waals surface area contributed by atoms with E-state index in [0.29, 0.717) is 44.3 Å². The van der Waals surface area contributed by atoms with Gasteiger partial charge in [0.05, 0.1) is 19.4 Å². The van der Waals surface area contributed by atoms with Crippen LogP contribution < -0.4 is 0 Å². The zero-order valence-corrected chi connectivity index (χ0v) is 13.4. The lowest BCUT2D eigenvalue weighted by Gasteiger charge is -2.31. The molecule has 1 aliphatic heterocycles. The minimum Gasteiger partial charge on any atom is -0.469 e. The highest BCUT2D eigenvalue weighted by molar-refractivity contribution is 5.76. The SMILES string of the molecule is CC(C)c1nnc([C@@H]2CN(C(=O)CCc3ccco3)CCO2)o1. The Morgan fingerprint density at radius 2 is 2.30 bits per heavy atom. The summed E-state index contributed by atoms with van der Waals surface area (Å²) in [4.78, 5) is 14.1. The lowest BCUT2D eigenvalue weighted by atomic mass is 10.2. The predicted octanol–water partition coefficient (Wildman–Crippen LogP) is 2.32. The molecule has 0 saturated carbocycles. The third kappa shape index (κ3) is 3.79. The molecule has 0 unspecified atom stereocenters. The number of morpholine rings is 1. The van der Waals surface area contributed by atoms with Crippen molar-refractivity contribution in [3.05, 3.63) is 35.9 Å². The molecule has 124 valence electrons. The molecule has 1 saturated heterocycles. The summed E-state index contributed by atoms with van der Waals surface area (Å²) in [5, 5.41) is 8.07. The molecule has 2 aromatic rings. The van der Waals surface area contributed by atoms with E-state index in [4.69, 9.17) is 13.6 Å². The van der Waals surface area contributed by atoms with Crippen LogP contribution in [0.4, 0.5) is 0 Å². The molecule has 0 spiro atoms. The number of aromatic nitrogens is 2. The highest BCUT2D eigenvalue weighted by atomic mass is 16.5. The van der Waals surface area contributed by atoms with Gasteiger partial charge in [0.25, 0.3) is 0 Å². The van der Waals surface area contributed by atoms with Gasteiger partial charge >= 0.3 is 0 Å². The lowest BCUT2D eigenvalue weighted by molar-refractivity contribution is -0.139. The molecule has 0 aliphatic carbocycles. The van der Waals surface area contributed by atoms with Crippen molar-refractivity contribution in [3.8, 4) is 0 Å². The number of hydrogen-bond acceptors (Lipinski definition) is 6. The minimum absolute atomic E-state index is 0.0818. The molecule has 1 atom stereocenters. The van der Waals surface area contributed by atoms with Gasteiger partial charge in [-0.05, 0) is 12.1 Å². The highest BCUT2D eigenvalue weighted by Crippen LogP contribution is 2.23. The molecule has 7 heteroatoms. The lowest BCUT2D eigenvalue weighted by Crippen LogP contribution is -2.42.